The average molecular weight is 2140 g/mol. The lowest BCUT2D eigenvalue weighted by atomic mass is 9.88. The van der Waals surface area contributed by atoms with Crippen LogP contribution in [0.2, 0.25) is 0 Å². The molecule has 66 nitrogen and oxygen atoms in total. The van der Waals surface area contributed by atoms with Gasteiger partial charge in [-0.25, -0.2) is 9.59 Å². The van der Waals surface area contributed by atoms with Gasteiger partial charge in [0.1, 0.15) is 256 Å². The van der Waals surface area contributed by atoms with Crippen molar-refractivity contribution < 1.29 is 297 Å². The van der Waals surface area contributed by atoms with E-state index in [1.54, 1.807) is 0 Å². The van der Waals surface area contributed by atoms with E-state index in [9.17, 15) is 197 Å². The molecule has 66 heteroatoms. The fourth-order valence-electron chi connectivity index (χ4n) is 18.8. The van der Waals surface area contributed by atoms with Crippen LogP contribution in [-0.4, -0.2) is 625 Å². The molecule has 844 valence electrons. The molecule has 0 aromatic heterocycles. The maximum Gasteiger partial charge on any atom is 0.364 e. The van der Waals surface area contributed by atoms with Crippen LogP contribution in [0.15, 0.2) is 0 Å². The van der Waals surface area contributed by atoms with E-state index in [-0.39, 0.29) is 0 Å². The Morgan fingerprint density at radius 1 is 0.308 bits per heavy atom. The Morgan fingerprint density at radius 3 is 1.00 bits per heavy atom. The lowest BCUT2D eigenvalue weighted by Gasteiger charge is -2.51. The van der Waals surface area contributed by atoms with E-state index in [2.05, 4.69) is 21.3 Å². The molecule has 0 radical (unpaired) electrons. The van der Waals surface area contributed by atoms with Crippen molar-refractivity contribution in [1.82, 2.24) is 21.3 Å². The molecule has 4 amide bonds. The van der Waals surface area contributed by atoms with Crippen LogP contribution in [0.4, 0.5) is 0 Å². The number of aliphatic carboxylic acids is 2. The Kier molecular flexibility index (Phi) is 42.9. The Morgan fingerprint density at radius 2 is 0.603 bits per heavy atom. The lowest BCUT2D eigenvalue weighted by molar-refractivity contribution is -0.401. The Bertz CT molecular complexity index is 4150. The largest absolute Gasteiger partial charge is 0.477 e. The molecule has 0 aliphatic carbocycles. The summed E-state index contributed by atoms with van der Waals surface area (Å²) in [4.78, 5) is 78.1. The third kappa shape index (κ3) is 26.2. The zero-order valence-corrected chi connectivity index (χ0v) is 77.9. The Hall–Kier alpha value is -5.34. The molecule has 11 rings (SSSR count). The summed E-state index contributed by atoms with van der Waals surface area (Å²) >= 11 is 0. The van der Waals surface area contributed by atoms with Crippen LogP contribution in [0.3, 0.4) is 0 Å². The van der Waals surface area contributed by atoms with Gasteiger partial charge in [0.05, 0.1) is 97.0 Å². The van der Waals surface area contributed by atoms with Crippen molar-refractivity contribution in [3.63, 3.8) is 0 Å². The van der Waals surface area contributed by atoms with Crippen LogP contribution in [0.1, 0.15) is 40.5 Å². The number of hydrogen-bond donors (Lipinski definition) is 39. The van der Waals surface area contributed by atoms with Crippen molar-refractivity contribution in [2.75, 3.05) is 72.7 Å². The Balaban J connectivity index is 0.897. The maximum atomic E-state index is 13.3. The van der Waals surface area contributed by atoms with E-state index in [1.807, 2.05) is 0 Å². The second-order valence-corrected chi connectivity index (χ2v) is 36.8. The normalized spacial score (nSPS) is 47.5. The molecule has 0 saturated carbocycles. The first kappa shape index (κ1) is 121. The van der Waals surface area contributed by atoms with Crippen LogP contribution < -0.4 is 32.7 Å². The summed E-state index contributed by atoms with van der Waals surface area (Å²) in [6.07, 6.45) is -113. The minimum absolute atomic E-state index is 0.836. The molecule has 146 heavy (non-hydrogen) atoms. The van der Waals surface area contributed by atoms with E-state index in [0.717, 1.165) is 27.7 Å². The van der Waals surface area contributed by atoms with Crippen LogP contribution in [0, 0.1) is 0 Å². The molecule has 11 aliphatic rings. The first-order chi connectivity index (χ1) is 68.8. The van der Waals surface area contributed by atoms with Crippen molar-refractivity contribution >= 4 is 35.6 Å². The molecular weight excluding hydrogens is 2000 g/mol. The van der Waals surface area contributed by atoms with Gasteiger partial charge in [0.2, 0.25) is 23.6 Å². The maximum absolute atomic E-state index is 13.3. The predicted octanol–water partition coefficient (Wildman–Crippen LogP) is -26.1. The van der Waals surface area contributed by atoms with Gasteiger partial charge in [-0.05, 0) is 0 Å². The van der Waals surface area contributed by atoms with Gasteiger partial charge < -0.3 is 301 Å². The molecule has 11 saturated heterocycles. The van der Waals surface area contributed by atoms with Crippen LogP contribution in [0.25, 0.3) is 0 Å². The smallest absolute Gasteiger partial charge is 0.364 e. The summed E-state index contributed by atoms with van der Waals surface area (Å²) in [5.41, 5.74) is 12.0. The highest BCUT2D eigenvalue weighted by atomic mass is 16.8. The van der Waals surface area contributed by atoms with Crippen molar-refractivity contribution in [3.05, 3.63) is 0 Å². The van der Waals surface area contributed by atoms with E-state index < -0.39 is 470 Å². The third-order valence-corrected chi connectivity index (χ3v) is 26.7. The summed E-state index contributed by atoms with van der Waals surface area (Å²) in [5, 5.41) is 379. The molecule has 0 spiro atoms. The summed E-state index contributed by atoms with van der Waals surface area (Å²) in [7, 11) is 0. The number of carboxylic acid groups (broad SMARTS) is 2. The van der Waals surface area contributed by atoms with Gasteiger partial charge in [-0.15, -0.1) is 0 Å². The minimum atomic E-state index is -3.27. The molecule has 0 unspecified atom stereocenters. The minimum Gasteiger partial charge on any atom is -0.477 e. The number of aliphatic hydroxyl groups is 31. The van der Waals surface area contributed by atoms with Crippen LogP contribution in [0.5, 0.6) is 0 Å². The summed E-state index contributed by atoms with van der Waals surface area (Å²) in [5.74, 6) is -14.5. The van der Waals surface area contributed by atoms with Crippen molar-refractivity contribution in [2.45, 2.75) is 389 Å². The molecule has 11 fully saturated rings. The zero-order chi connectivity index (χ0) is 108. The molecule has 0 aromatic carbocycles. The highest BCUT2D eigenvalue weighted by Crippen LogP contribution is 2.44. The Labute approximate surface area is 824 Å². The van der Waals surface area contributed by atoms with E-state index in [1.165, 1.54) is 0 Å². The number of aliphatic hydroxyl groups excluding tert-OH is 31. The van der Waals surface area contributed by atoms with Gasteiger partial charge in [-0.1, -0.05) is 0 Å². The van der Waals surface area contributed by atoms with Gasteiger partial charge in [-0.2, -0.15) is 0 Å². The molecular formula is C80H134N6O60. The van der Waals surface area contributed by atoms with Crippen LogP contribution >= 0.6 is 0 Å². The van der Waals surface area contributed by atoms with Gasteiger partial charge in [0.25, 0.3) is 11.6 Å². The number of carboxylic acids is 2. The number of carbonyl (C=O) groups excluding carboxylic acids is 4. The van der Waals surface area contributed by atoms with Crippen LogP contribution in [-0.2, 0) is 128 Å². The number of amides is 4. The molecule has 41 N–H and O–H groups in total. The monoisotopic (exact) mass is 2140 g/mol. The second kappa shape index (κ2) is 51.8. The van der Waals surface area contributed by atoms with E-state index in [4.69, 9.17) is 111 Å². The summed E-state index contributed by atoms with van der Waals surface area (Å²) < 4.78 is 124. The molecule has 0 bridgehead atoms. The number of rotatable bonds is 41. The van der Waals surface area contributed by atoms with Crippen molar-refractivity contribution in [1.29, 1.82) is 0 Å². The van der Waals surface area contributed by atoms with E-state index >= 15 is 0 Å². The zero-order valence-electron chi connectivity index (χ0n) is 77.9. The number of ether oxygens (including phenoxy) is 21. The number of carbonyl (C=O) groups is 6. The van der Waals surface area contributed by atoms with Crippen molar-refractivity contribution in [2.24, 2.45) is 11.5 Å². The van der Waals surface area contributed by atoms with E-state index in [0.29, 0.717) is 0 Å². The quantitative estimate of drug-likeness (QED) is 0.0270. The third-order valence-electron chi connectivity index (χ3n) is 26.7. The first-order valence-corrected chi connectivity index (χ1v) is 46.1. The number of hydrogen-bond acceptors (Lipinski definition) is 60. The first-order valence-electron chi connectivity index (χ1n) is 46.1. The molecule has 11 aliphatic heterocycles. The highest BCUT2D eigenvalue weighted by molar-refractivity contribution is 5.77. The van der Waals surface area contributed by atoms with Gasteiger partial charge >= 0.3 is 11.9 Å². The summed E-state index contributed by atoms with van der Waals surface area (Å²) in [6.45, 7) is -10.0. The van der Waals surface area contributed by atoms with Gasteiger partial charge in [-0.3, -0.25) is 19.2 Å². The molecule has 57 atom stereocenters. The topological polar surface area (TPSA) is 1060 Å². The number of nitrogens with two attached hydrogens (primary N) is 2. The lowest BCUT2D eigenvalue weighted by Crippen LogP contribution is -2.71. The summed E-state index contributed by atoms with van der Waals surface area (Å²) in [6, 6.07) is -11.4. The number of nitrogens with one attached hydrogen (secondary N) is 4. The SMILES string of the molecule is CC(=O)N[C@@H]1[C@@H](O)[C@H](O[C@@H]2O[C@H](CO)[C@@H](O[C@@H]3O[C@H](CO[C@H]4O[C@H](CO)[C@@H](O)[C@H](O)[C@H]4O[C@@H]4O[C@H](CO)[C@@H](O[C@@H]5O[C@H](CO[C@]6(C(=O)O)C[C@H](O)[C@@H](N)[C@H]([C@H](O)[C@H](O)CO)O6)[C@H](O)[C@H](O)[C@H]5O)[C@H](O)[C@H]4NC(C)=O)[C@@H](O)[C@H](O[C@H]4O[C@H](CO)[C@@H](O)[C@H](O)[C@H]4O[C@@H]4O[C@H](CO)[C@@H](O[C@@H]5O[C@H](CO)[C@H](O)[C@H](O[C@]6(C(=O)O)C[C@H](O)[C@@H](N)[C@H]([C@H](O)[C@H](O)CO)O6)[C@H]5O)[C@H](O)[C@H]4NC(C)=O)[C@@H]3O)[C@H](O)[C@H]2NC(C)=O)[C@@H](CO)O[C@H]1O. The second-order valence-electron chi connectivity index (χ2n) is 36.8. The molecule has 0 aromatic rings. The van der Waals surface area contributed by atoms with Crippen molar-refractivity contribution in [3.8, 4) is 0 Å². The van der Waals surface area contributed by atoms with Gasteiger partial charge in [0, 0.05) is 40.5 Å². The molecule has 11 heterocycles. The standard InChI is InChI=1S/C80H134N6O60/c1-18(96)83-37-48(111)58(29(12-92)128-68(37)121)137-69-38(84-19(2)97)49(112)60(31(14-94)132-69)139-73-56(119)64(141-76-67(54(117)44(107)27(10-90)131-76)143-71-40(86-21(4)99)51(114)61(32(15-95)134-71)140-74-57(120)65(46(109)28(11-91)129-74)146-80(78(124)125)6-23(101)36(82)63(145-80)42(105)25(103)8-88)47(110)33(135-73)16-126-75-66(53(116)43(106)26(9-89)130-75)142-70-39(85-20(3)98)50(113)59(30(13-93)133-70)138-72-55(118)52(115)45(108)34(136-72)17-127-79(77(122)123)5-22(100)35(81)62(144-79)41(104)24(102)7-87/h22-76,87-95,100-121H,5-17,81-82H2,1-4H3,(H,83,96)(H,84,97)(H,85,98)(H,86,99)(H,122,123)(H,124,125)/t22-,23-,24+,25+,26+,27+,28+,29+,30+,31+,32+,33+,34+,35+,36+,37+,38+,39+,40+,41+,42+,43+,44+,45-,46-,47+,48+,49+,50+,51+,52-,53-,54-,55+,56-,57+,58+,59+,60+,61+,62+,63+,64-,65-,66+,67+,68+,69-,70-,71-,72-,73-,74-,75-,76+,79+,80-/m0/s1. The van der Waals surface area contributed by atoms with Gasteiger partial charge in [0.15, 0.2) is 56.6 Å². The fourth-order valence-corrected chi connectivity index (χ4v) is 18.8. The highest BCUT2D eigenvalue weighted by Gasteiger charge is 2.65. The fraction of sp³-hybridized carbons (Fsp3) is 0.925. The average Bonchev–Trinajstić information content (AvgIpc) is 0.757. The predicted molar refractivity (Wildman–Crippen MR) is 447 cm³/mol.